The van der Waals surface area contributed by atoms with Gasteiger partial charge in [-0.25, -0.2) is 0 Å². The van der Waals surface area contributed by atoms with Crippen molar-refractivity contribution in [1.82, 2.24) is 9.78 Å². The van der Waals surface area contributed by atoms with Gasteiger partial charge >= 0.3 is 0 Å². The molecule has 1 aliphatic rings. The molecule has 0 N–H and O–H groups in total. The van der Waals surface area contributed by atoms with E-state index in [1.54, 1.807) is 10.9 Å². The lowest BCUT2D eigenvalue weighted by Gasteiger charge is -2.00. The largest absolute Gasteiger partial charge is 0.294 e. The Morgan fingerprint density at radius 2 is 2.38 bits per heavy atom. The molecule has 3 nitrogen and oxygen atoms in total. The number of allylic oxidation sites excluding steroid dienone is 1. The first-order valence-corrected chi connectivity index (χ1v) is 4.51. The first-order valence-electron chi connectivity index (χ1n) is 4.51. The molecule has 0 fully saturated rings. The molecule has 0 aromatic carbocycles. The number of fused-ring (bicyclic) bond motifs is 1. The fraction of sp³-hybridized carbons (Fsp3) is 0.400. The molecular weight excluding hydrogens is 164 g/mol. The number of aromatic nitrogens is 2. The van der Waals surface area contributed by atoms with Crippen LogP contribution in [0.4, 0.5) is 0 Å². The highest BCUT2D eigenvalue weighted by Gasteiger charge is 2.14. The summed E-state index contributed by atoms with van der Waals surface area (Å²) in [4.78, 5) is 11.6. The lowest BCUT2D eigenvalue weighted by molar-refractivity contribution is 0.0980. The highest BCUT2D eigenvalue weighted by atomic mass is 16.1. The molecule has 13 heavy (non-hydrogen) atoms. The summed E-state index contributed by atoms with van der Waals surface area (Å²) >= 11 is 0. The van der Waals surface area contributed by atoms with Gasteiger partial charge in [-0.15, -0.1) is 0 Å². The van der Waals surface area contributed by atoms with Crippen LogP contribution in [0.1, 0.15) is 35.3 Å². The SMILES string of the molecule is Cn1cc2c(n1)/C=C\CCCC2=O. The van der Waals surface area contributed by atoms with Gasteiger partial charge in [0.25, 0.3) is 0 Å². The number of carbonyl (C=O) groups excluding carboxylic acids is 1. The molecule has 0 aliphatic heterocycles. The van der Waals surface area contributed by atoms with Gasteiger partial charge in [0.05, 0.1) is 11.3 Å². The molecule has 1 heterocycles. The highest BCUT2D eigenvalue weighted by Crippen LogP contribution is 2.16. The molecular formula is C10H12N2O. The first kappa shape index (κ1) is 8.23. The minimum atomic E-state index is 0.215. The van der Waals surface area contributed by atoms with E-state index >= 15 is 0 Å². The fourth-order valence-corrected chi connectivity index (χ4v) is 1.55. The Balaban J connectivity index is 2.48. The van der Waals surface area contributed by atoms with Crippen LogP contribution in [-0.4, -0.2) is 15.6 Å². The molecule has 3 heteroatoms. The van der Waals surface area contributed by atoms with Crippen LogP contribution in [0.3, 0.4) is 0 Å². The fourth-order valence-electron chi connectivity index (χ4n) is 1.55. The lowest BCUT2D eigenvalue weighted by atomic mass is 10.0. The van der Waals surface area contributed by atoms with Crippen LogP contribution in [0.25, 0.3) is 6.08 Å². The summed E-state index contributed by atoms with van der Waals surface area (Å²) in [7, 11) is 1.84. The van der Waals surface area contributed by atoms with Gasteiger partial charge in [-0.2, -0.15) is 5.10 Å². The number of nitrogens with zero attached hydrogens (tertiary/aromatic N) is 2. The number of Topliss-reactive ketones (excluding diaryl/α,β-unsaturated/α-hetero) is 1. The van der Waals surface area contributed by atoms with Crippen LogP contribution in [0.5, 0.6) is 0 Å². The van der Waals surface area contributed by atoms with Crippen LogP contribution in [0.2, 0.25) is 0 Å². The number of hydrogen-bond acceptors (Lipinski definition) is 2. The Morgan fingerprint density at radius 1 is 1.54 bits per heavy atom. The average Bonchev–Trinajstić information content (AvgIpc) is 2.43. The third kappa shape index (κ3) is 1.54. The van der Waals surface area contributed by atoms with E-state index in [2.05, 4.69) is 11.2 Å². The summed E-state index contributed by atoms with van der Waals surface area (Å²) in [5, 5.41) is 4.21. The zero-order valence-corrected chi connectivity index (χ0v) is 7.66. The van der Waals surface area contributed by atoms with Crippen molar-refractivity contribution in [2.24, 2.45) is 7.05 Å². The molecule has 0 radical (unpaired) electrons. The molecule has 2 rings (SSSR count). The smallest absolute Gasteiger partial charge is 0.166 e. The van der Waals surface area contributed by atoms with E-state index in [0.717, 1.165) is 24.1 Å². The maximum absolute atomic E-state index is 11.6. The summed E-state index contributed by atoms with van der Waals surface area (Å²) < 4.78 is 1.69. The van der Waals surface area contributed by atoms with E-state index in [0.29, 0.717) is 6.42 Å². The summed E-state index contributed by atoms with van der Waals surface area (Å²) in [6.07, 6.45) is 8.38. The van der Waals surface area contributed by atoms with E-state index in [9.17, 15) is 4.79 Å². The van der Waals surface area contributed by atoms with Gasteiger partial charge in [0.2, 0.25) is 0 Å². The van der Waals surface area contributed by atoms with E-state index in [4.69, 9.17) is 0 Å². The Hall–Kier alpha value is -1.38. The average molecular weight is 176 g/mol. The van der Waals surface area contributed by atoms with Crippen molar-refractivity contribution in [2.75, 3.05) is 0 Å². The van der Waals surface area contributed by atoms with Crippen LogP contribution >= 0.6 is 0 Å². The minimum absolute atomic E-state index is 0.215. The van der Waals surface area contributed by atoms with Crippen molar-refractivity contribution in [2.45, 2.75) is 19.3 Å². The molecule has 68 valence electrons. The topological polar surface area (TPSA) is 34.9 Å². The molecule has 0 atom stereocenters. The van der Waals surface area contributed by atoms with Gasteiger partial charge in [-0.1, -0.05) is 6.08 Å². The predicted octanol–water partition coefficient (Wildman–Crippen LogP) is 1.80. The second-order valence-electron chi connectivity index (χ2n) is 3.32. The van der Waals surface area contributed by atoms with Gasteiger partial charge in [0, 0.05) is 19.7 Å². The number of ketones is 1. The van der Waals surface area contributed by atoms with Crippen molar-refractivity contribution in [3.63, 3.8) is 0 Å². The monoisotopic (exact) mass is 176 g/mol. The molecule has 0 unspecified atom stereocenters. The van der Waals surface area contributed by atoms with Crippen LogP contribution < -0.4 is 0 Å². The first-order chi connectivity index (χ1) is 6.27. The van der Waals surface area contributed by atoms with Gasteiger partial charge < -0.3 is 0 Å². The van der Waals surface area contributed by atoms with E-state index < -0.39 is 0 Å². The molecule has 0 amide bonds. The summed E-state index contributed by atoms with van der Waals surface area (Å²) in [6.45, 7) is 0. The molecule has 0 bridgehead atoms. The highest BCUT2D eigenvalue weighted by molar-refractivity contribution is 5.98. The van der Waals surface area contributed by atoms with Gasteiger partial charge in [-0.3, -0.25) is 9.48 Å². The number of carbonyl (C=O) groups is 1. The second-order valence-corrected chi connectivity index (χ2v) is 3.32. The quantitative estimate of drug-likeness (QED) is 0.604. The van der Waals surface area contributed by atoms with Crippen molar-refractivity contribution >= 4 is 11.9 Å². The summed E-state index contributed by atoms with van der Waals surface area (Å²) in [5.74, 6) is 0.215. The van der Waals surface area contributed by atoms with Gasteiger partial charge in [0.1, 0.15) is 0 Å². The van der Waals surface area contributed by atoms with Crippen molar-refractivity contribution in [3.05, 3.63) is 23.5 Å². The number of rotatable bonds is 0. The third-order valence-corrected chi connectivity index (χ3v) is 2.21. The zero-order valence-electron chi connectivity index (χ0n) is 7.66. The van der Waals surface area contributed by atoms with Crippen LogP contribution in [0.15, 0.2) is 12.3 Å². The number of aryl methyl sites for hydroxylation is 1. The number of hydrogen-bond donors (Lipinski definition) is 0. The van der Waals surface area contributed by atoms with Crippen molar-refractivity contribution in [1.29, 1.82) is 0 Å². The Morgan fingerprint density at radius 3 is 3.23 bits per heavy atom. The van der Waals surface area contributed by atoms with Crippen LogP contribution in [0, 0.1) is 0 Å². The standard InChI is InChI=1S/C10H12N2O/c1-12-7-8-9(11-12)5-3-2-4-6-10(8)13/h3,5,7H,2,4,6H2,1H3/b5-3-. The Bertz CT molecular complexity index is 363. The van der Waals surface area contributed by atoms with E-state index in [-0.39, 0.29) is 5.78 Å². The molecule has 1 aliphatic carbocycles. The Kier molecular flexibility index (Phi) is 2.00. The second kappa shape index (κ2) is 3.17. The molecule has 1 aromatic heterocycles. The zero-order chi connectivity index (χ0) is 9.26. The summed E-state index contributed by atoms with van der Waals surface area (Å²) in [5.41, 5.74) is 1.57. The Labute approximate surface area is 77.1 Å². The lowest BCUT2D eigenvalue weighted by Crippen LogP contribution is -2.00. The molecule has 0 saturated heterocycles. The maximum atomic E-state index is 11.6. The molecule has 1 aromatic rings. The van der Waals surface area contributed by atoms with Crippen molar-refractivity contribution in [3.8, 4) is 0 Å². The van der Waals surface area contributed by atoms with Crippen LogP contribution in [-0.2, 0) is 7.05 Å². The molecule has 0 saturated carbocycles. The van der Waals surface area contributed by atoms with E-state index in [1.165, 1.54) is 0 Å². The van der Waals surface area contributed by atoms with Crippen molar-refractivity contribution < 1.29 is 4.79 Å². The molecule has 0 spiro atoms. The minimum Gasteiger partial charge on any atom is -0.294 e. The van der Waals surface area contributed by atoms with Gasteiger partial charge in [0.15, 0.2) is 5.78 Å². The van der Waals surface area contributed by atoms with Gasteiger partial charge in [-0.05, 0) is 18.9 Å². The summed E-state index contributed by atoms with van der Waals surface area (Å²) in [6, 6.07) is 0. The maximum Gasteiger partial charge on any atom is 0.166 e. The predicted molar refractivity (Wildman–Crippen MR) is 50.4 cm³/mol. The van der Waals surface area contributed by atoms with E-state index in [1.807, 2.05) is 13.1 Å². The third-order valence-electron chi connectivity index (χ3n) is 2.21. The normalized spacial score (nSPS) is 19.0.